The van der Waals surface area contributed by atoms with Crippen molar-refractivity contribution >= 4 is 13.8 Å². The largest absolute Gasteiger partial charge is 0.472 e. The second-order valence-corrected chi connectivity index (χ2v) is 12.8. The number of ether oxygens (including phenoxy) is 1. The molecule has 0 bridgehead atoms. The molecule has 0 saturated carbocycles. The molecule has 8 heteroatoms. The molecule has 1 aliphatic rings. The van der Waals surface area contributed by atoms with Crippen molar-refractivity contribution < 1.29 is 32.5 Å². The highest BCUT2D eigenvalue weighted by molar-refractivity contribution is 7.47. The Morgan fingerprint density at radius 3 is 2.05 bits per heavy atom. The molecule has 0 fully saturated rings. The SMILES string of the molecule is C[C@H]1CC=CCC/C=C/CCCCCCCCCCCC[C@H](OP(=O)(O)OCC[N+](C)(C)C)CC(=O)O1. The van der Waals surface area contributed by atoms with Crippen LogP contribution in [-0.4, -0.2) is 61.8 Å². The normalized spacial score (nSPS) is 25.9. The van der Waals surface area contributed by atoms with Gasteiger partial charge in [0.15, 0.2) is 0 Å². The fourth-order valence-electron chi connectivity index (χ4n) is 4.23. The van der Waals surface area contributed by atoms with Crippen molar-refractivity contribution in [2.75, 3.05) is 34.3 Å². The predicted octanol–water partition coefficient (Wildman–Crippen LogP) is 7.49. The van der Waals surface area contributed by atoms with Gasteiger partial charge in [-0.2, -0.15) is 0 Å². The first-order chi connectivity index (χ1) is 17.6. The number of esters is 1. The maximum Gasteiger partial charge on any atom is 0.472 e. The number of nitrogens with zero attached hydrogens (tertiary/aromatic N) is 1. The third-order valence-electron chi connectivity index (χ3n) is 6.47. The highest BCUT2D eigenvalue weighted by atomic mass is 31.2. The van der Waals surface area contributed by atoms with Crippen LogP contribution >= 0.6 is 7.82 Å². The maximum absolute atomic E-state index is 12.6. The molecule has 1 unspecified atom stereocenters. The second-order valence-electron chi connectivity index (χ2n) is 11.4. The average Bonchev–Trinajstić information content (AvgIpc) is 2.78. The van der Waals surface area contributed by atoms with Gasteiger partial charge in [-0.05, 0) is 39.0 Å². The molecular formula is C29H55NO6P+. The Morgan fingerprint density at radius 2 is 1.43 bits per heavy atom. The van der Waals surface area contributed by atoms with E-state index in [2.05, 4.69) is 24.3 Å². The molecular weight excluding hydrogens is 489 g/mol. The zero-order valence-electron chi connectivity index (χ0n) is 24.1. The summed E-state index contributed by atoms with van der Waals surface area (Å²) in [5.74, 6) is -0.408. The lowest BCUT2D eigenvalue weighted by Crippen LogP contribution is -2.37. The molecule has 1 heterocycles. The van der Waals surface area contributed by atoms with Gasteiger partial charge < -0.3 is 14.1 Å². The van der Waals surface area contributed by atoms with Crippen molar-refractivity contribution in [3.8, 4) is 0 Å². The molecule has 1 rings (SSSR count). The highest BCUT2D eigenvalue weighted by Crippen LogP contribution is 2.45. The lowest BCUT2D eigenvalue weighted by molar-refractivity contribution is -0.870. The zero-order chi connectivity index (χ0) is 27.4. The molecule has 3 atom stereocenters. The van der Waals surface area contributed by atoms with E-state index in [1.54, 1.807) is 0 Å². The molecule has 37 heavy (non-hydrogen) atoms. The van der Waals surface area contributed by atoms with Crippen molar-refractivity contribution in [3.63, 3.8) is 0 Å². The van der Waals surface area contributed by atoms with Gasteiger partial charge in [0.25, 0.3) is 0 Å². The smallest absolute Gasteiger partial charge is 0.462 e. The summed E-state index contributed by atoms with van der Waals surface area (Å²) < 4.78 is 29.4. The van der Waals surface area contributed by atoms with Crippen LogP contribution in [0.1, 0.15) is 110 Å². The molecule has 0 aliphatic carbocycles. The number of carbonyl (C=O) groups is 1. The van der Waals surface area contributed by atoms with E-state index in [0.29, 0.717) is 23.9 Å². The highest BCUT2D eigenvalue weighted by Gasteiger charge is 2.29. The molecule has 0 spiro atoms. The first kappa shape index (κ1) is 34.0. The molecule has 0 aromatic rings. The summed E-state index contributed by atoms with van der Waals surface area (Å²) >= 11 is 0. The van der Waals surface area contributed by atoms with E-state index in [0.717, 1.165) is 32.1 Å². The van der Waals surface area contributed by atoms with Gasteiger partial charge in [0.1, 0.15) is 19.3 Å². The van der Waals surface area contributed by atoms with E-state index in [1.165, 1.54) is 51.4 Å². The number of phosphoric ester groups is 1. The third-order valence-corrected chi connectivity index (χ3v) is 7.55. The van der Waals surface area contributed by atoms with E-state index in [1.807, 2.05) is 28.1 Å². The number of phosphoric acid groups is 1. The molecule has 7 nitrogen and oxygen atoms in total. The number of hydrogen-bond donors (Lipinski definition) is 1. The average molecular weight is 545 g/mol. The monoisotopic (exact) mass is 544 g/mol. The predicted molar refractivity (Wildman–Crippen MR) is 151 cm³/mol. The molecule has 0 radical (unpaired) electrons. The van der Waals surface area contributed by atoms with Crippen LogP contribution in [0.5, 0.6) is 0 Å². The van der Waals surface area contributed by atoms with E-state index in [9.17, 15) is 14.3 Å². The number of rotatable bonds is 6. The summed E-state index contributed by atoms with van der Waals surface area (Å²) in [6, 6.07) is 0. The van der Waals surface area contributed by atoms with Gasteiger partial charge in [-0.1, -0.05) is 82.1 Å². The molecule has 0 saturated heterocycles. The van der Waals surface area contributed by atoms with Gasteiger partial charge >= 0.3 is 13.8 Å². The van der Waals surface area contributed by atoms with Gasteiger partial charge in [-0.15, -0.1) is 0 Å². The van der Waals surface area contributed by atoms with Crippen LogP contribution in [0.2, 0.25) is 0 Å². The van der Waals surface area contributed by atoms with Gasteiger partial charge in [0.2, 0.25) is 0 Å². The fourth-order valence-corrected chi connectivity index (χ4v) is 5.16. The van der Waals surface area contributed by atoms with Crippen LogP contribution in [-0.2, 0) is 23.1 Å². The van der Waals surface area contributed by atoms with Crippen LogP contribution in [0, 0.1) is 0 Å². The van der Waals surface area contributed by atoms with Crippen LogP contribution in [0.3, 0.4) is 0 Å². The first-order valence-electron chi connectivity index (χ1n) is 14.5. The minimum atomic E-state index is -4.26. The van der Waals surface area contributed by atoms with E-state index in [4.69, 9.17) is 13.8 Å². The molecule has 0 aromatic heterocycles. The molecule has 0 amide bonds. The van der Waals surface area contributed by atoms with Crippen LogP contribution < -0.4 is 0 Å². The number of cyclic esters (lactones) is 1. The third kappa shape index (κ3) is 21.6. The van der Waals surface area contributed by atoms with E-state index < -0.39 is 19.9 Å². The van der Waals surface area contributed by atoms with Crippen molar-refractivity contribution in [2.24, 2.45) is 0 Å². The fraction of sp³-hybridized carbons (Fsp3) is 0.828. The molecule has 216 valence electrons. The lowest BCUT2D eigenvalue weighted by atomic mass is 10.0. The minimum absolute atomic E-state index is 0.0535. The quantitative estimate of drug-likeness (QED) is 0.161. The van der Waals surface area contributed by atoms with Gasteiger partial charge in [-0.3, -0.25) is 13.8 Å². The summed E-state index contributed by atoms with van der Waals surface area (Å²) in [6.07, 6.45) is 24.0. The van der Waals surface area contributed by atoms with Crippen LogP contribution in [0.15, 0.2) is 24.3 Å². The Hall–Kier alpha value is -0.980. The lowest BCUT2D eigenvalue weighted by Gasteiger charge is -2.25. The van der Waals surface area contributed by atoms with Crippen molar-refractivity contribution in [1.82, 2.24) is 0 Å². The van der Waals surface area contributed by atoms with Gasteiger partial charge in [0, 0.05) is 6.42 Å². The zero-order valence-corrected chi connectivity index (χ0v) is 25.0. The summed E-state index contributed by atoms with van der Waals surface area (Å²) in [7, 11) is 1.68. The minimum Gasteiger partial charge on any atom is -0.462 e. The molecule has 1 N–H and O–H groups in total. The first-order valence-corrected chi connectivity index (χ1v) is 16.0. The summed E-state index contributed by atoms with van der Waals surface area (Å²) in [5.41, 5.74) is 0. The number of hydrogen-bond acceptors (Lipinski definition) is 5. The second kappa shape index (κ2) is 20.0. The Kier molecular flexibility index (Phi) is 18.4. The van der Waals surface area contributed by atoms with Crippen molar-refractivity contribution in [2.45, 2.75) is 122 Å². The Balaban J connectivity index is 2.65. The van der Waals surface area contributed by atoms with Gasteiger partial charge in [-0.25, -0.2) is 4.57 Å². The van der Waals surface area contributed by atoms with E-state index in [-0.39, 0.29) is 19.1 Å². The van der Waals surface area contributed by atoms with Crippen LogP contribution in [0.25, 0.3) is 0 Å². The van der Waals surface area contributed by atoms with Crippen molar-refractivity contribution in [1.29, 1.82) is 0 Å². The number of likely N-dealkylation sites (N-methyl/N-ethyl adjacent to an activating group) is 1. The maximum atomic E-state index is 12.6. The van der Waals surface area contributed by atoms with Crippen LogP contribution in [0.4, 0.5) is 0 Å². The Morgan fingerprint density at radius 1 is 0.892 bits per heavy atom. The van der Waals surface area contributed by atoms with Crippen molar-refractivity contribution in [3.05, 3.63) is 24.3 Å². The standard InChI is InChI=1S/C29H54NO6P/c1-27-22-20-18-16-14-12-10-8-6-5-7-9-11-13-15-17-19-21-23-28(26-29(31)35-27)36-37(32,33)34-25-24-30(2,3)4/h10,12,18,20,27-28H,5-9,11,13-17,19,21-26H2,1-4H3/p+1/b12-10+,20-18?/t27-,28-/m0/s1. The summed E-state index contributed by atoms with van der Waals surface area (Å²) in [4.78, 5) is 22.9. The van der Waals surface area contributed by atoms with Gasteiger partial charge in [0.05, 0.1) is 33.7 Å². The molecule has 0 aromatic carbocycles. The summed E-state index contributed by atoms with van der Waals surface area (Å²) in [6.45, 7) is 2.54. The topological polar surface area (TPSA) is 82.1 Å². The summed E-state index contributed by atoms with van der Waals surface area (Å²) in [5, 5.41) is 0. The number of allylic oxidation sites excluding steroid dienone is 3. The molecule has 1 aliphatic heterocycles. The Labute approximate surface area is 226 Å². The number of carbonyl (C=O) groups excluding carboxylic acids is 1. The van der Waals surface area contributed by atoms with E-state index >= 15 is 0 Å². The Bertz CT molecular complexity index is 703. The number of quaternary nitrogens is 1.